The van der Waals surface area contributed by atoms with E-state index < -0.39 is 0 Å². The summed E-state index contributed by atoms with van der Waals surface area (Å²) in [4.78, 5) is 12.0. The summed E-state index contributed by atoms with van der Waals surface area (Å²) < 4.78 is 5.08. The minimum Gasteiger partial charge on any atom is -0.508 e. The number of hydrazone groups is 1. The molecule has 5 heteroatoms. The van der Waals surface area contributed by atoms with Crippen LogP contribution in [0.15, 0.2) is 53.6 Å². The molecular formula is C18H20N2O3. The molecule has 0 saturated heterocycles. The molecular weight excluding hydrogens is 292 g/mol. The van der Waals surface area contributed by atoms with Gasteiger partial charge in [-0.1, -0.05) is 19.1 Å². The van der Waals surface area contributed by atoms with Crippen molar-refractivity contribution in [3.05, 3.63) is 59.7 Å². The first-order valence-electron chi connectivity index (χ1n) is 7.40. The van der Waals surface area contributed by atoms with Gasteiger partial charge < -0.3 is 9.84 Å². The third-order valence-corrected chi connectivity index (χ3v) is 3.37. The van der Waals surface area contributed by atoms with E-state index in [2.05, 4.69) is 10.5 Å². The fourth-order valence-electron chi connectivity index (χ4n) is 2.10. The molecule has 5 nitrogen and oxygen atoms in total. The highest BCUT2D eigenvalue weighted by Crippen LogP contribution is 2.13. The number of carbonyl (C=O) groups excluding carboxylic acids is 1. The first kappa shape index (κ1) is 16.5. The van der Waals surface area contributed by atoms with Crippen molar-refractivity contribution in [2.45, 2.75) is 19.8 Å². The van der Waals surface area contributed by atoms with Gasteiger partial charge in [-0.25, -0.2) is 5.43 Å². The van der Waals surface area contributed by atoms with Crippen LogP contribution in [0.5, 0.6) is 11.5 Å². The molecule has 120 valence electrons. The number of amides is 1. The van der Waals surface area contributed by atoms with E-state index in [1.807, 2.05) is 31.2 Å². The smallest absolute Gasteiger partial charge is 0.244 e. The lowest BCUT2D eigenvalue weighted by Gasteiger charge is -2.06. The van der Waals surface area contributed by atoms with Crippen molar-refractivity contribution in [2.75, 3.05) is 7.11 Å². The van der Waals surface area contributed by atoms with Gasteiger partial charge >= 0.3 is 0 Å². The monoisotopic (exact) mass is 312 g/mol. The summed E-state index contributed by atoms with van der Waals surface area (Å²) in [6, 6.07) is 14.1. The number of carbonyl (C=O) groups is 1. The van der Waals surface area contributed by atoms with Crippen LogP contribution in [0, 0.1) is 0 Å². The molecule has 2 rings (SSSR count). The summed E-state index contributed by atoms with van der Waals surface area (Å²) in [5.74, 6) is 0.778. The third-order valence-electron chi connectivity index (χ3n) is 3.37. The fourth-order valence-corrected chi connectivity index (χ4v) is 2.10. The van der Waals surface area contributed by atoms with Gasteiger partial charge in [0.15, 0.2) is 0 Å². The molecule has 0 bridgehead atoms. The molecule has 0 radical (unpaired) electrons. The third kappa shape index (κ3) is 4.85. The van der Waals surface area contributed by atoms with Crippen LogP contribution in [0.4, 0.5) is 0 Å². The highest BCUT2D eigenvalue weighted by molar-refractivity contribution is 6.01. The number of nitrogens with zero attached hydrogens (tertiary/aromatic N) is 1. The van der Waals surface area contributed by atoms with Gasteiger partial charge in [0.05, 0.1) is 19.2 Å². The van der Waals surface area contributed by atoms with Crippen molar-refractivity contribution in [1.82, 2.24) is 5.43 Å². The van der Waals surface area contributed by atoms with E-state index in [9.17, 15) is 9.90 Å². The molecule has 0 atom stereocenters. The maximum Gasteiger partial charge on any atom is 0.244 e. The van der Waals surface area contributed by atoms with Gasteiger partial charge in [-0.15, -0.1) is 0 Å². The second-order valence-electron chi connectivity index (χ2n) is 5.02. The summed E-state index contributed by atoms with van der Waals surface area (Å²) in [5, 5.41) is 13.5. The average molecular weight is 312 g/mol. The lowest BCUT2D eigenvalue weighted by molar-refractivity contribution is -0.120. The second-order valence-corrected chi connectivity index (χ2v) is 5.02. The van der Waals surface area contributed by atoms with Crippen LogP contribution in [0.2, 0.25) is 0 Å². The lowest BCUT2D eigenvalue weighted by Crippen LogP contribution is -2.21. The molecule has 0 unspecified atom stereocenters. The number of phenols is 1. The average Bonchev–Trinajstić information content (AvgIpc) is 2.57. The van der Waals surface area contributed by atoms with Crippen LogP contribution in [0.1, 0.15) is 24.5 Å². The molecule has 23 heavy (non-hydrogen) atoms. The summed E-state index contributed by atoms with van der Waals surface area (Å²) in [6.07, 6.45) is 0.924. The number of ether oxygens (including phenoxy) is 1. The highest BCUT2D eigenvalue weighted by Gasteiger charge is 2.05. The van der Waals surface area contributed by atoms with Crippen LogP contribution >= 0.6 is 0 Å². The first-order valence-corrected chi connectivity index (χ1v) is 7.40. The van der Waals surface area contributed by atoms with Gasteiger partial charge in [0.25, 0.3) is 0 Å². The molecule has 2 N–H and O–H groups in total. The van der Waals surface area contributed by atoms with Gasteiger partial charge in [-0.05, 0) is 53.9 Å². The minimum absolute atomic E-state index is 0.181. The fraction of sp³-hybridized carbons (Fsp3) is 0.222. The standard InChI is InChI=1S/C18H20N2O3/c1-3-17(14-6-8-15(21)9-7-14)19-20-18(22)12-13-4-10-16(23-2)11-5-13/h4-11,21H,3,12H2,1-2H3,(H,20,22). The Kier molecular flexibility index (Phi) is 5.74. The normalized spacial score (nSPS) is 11.1. The number of benzene rings is 2. The van der Waals surface area contributed by atoms with E-state index in [4.69, 9.17) is 4.74 Å². The largest absolute Gasteiger partial charge is 0.508 e. The highest BCUT2D eigenvalue weighted by atomic mass is 16.5. The number of hydrogen-bond donors (Lipinski definition) is 2. The Morgan fingerprint density at radius 3 is 2.35 bits per heavy atom. The molecule has 0 spiro atoms. The predicted octanol–water partition coefficient (Wildman–Crippen LogP) is 2.87. The summed E-state index contributed by atoms with van der Waals surface area (Å²) in [6.45, 7) is 1.96. The number of hydrogen-bond acceptors (Lipinski definition) is 4. The van der Waals surface area contributed by atoms with Crippen molar-refractivity contribution in [2.24, 2.45) is 5.10 Å². The van der Waals surface area contributed by atoms with Crippen LogP contribution in [-0.2, 0) is 11.2 Å². The molecule has 0 aliphatic heterocycles. The zero-order chi connectivity index (χ0) is 16.7. The maximum atomic E-state index is 12.0. The van der Waals surface area contributed by atoms with Crippen LogP contribution in [0.3, 0.4) is 0 Å². The van der Waals surface area contributed by atoms with E-state index in [1.54, 1.807) is 31.4 Å². The van der Waals surface area contributed by atoms with Gasteiger partial charge in [-0.3, -0.25) is 4.79 Å². The molecule has 2 aromatic carbocycles. The van der Waals surface area contributed by atoms with E-state index in [1.165, 1.54) is 0 Å². The van der Waals surface area contributed by atoms with E-state index in [0.29, 0.717) is 6.42 Å². The van der Waals surface area contributed by atoms with Crippen LogP contribution < -0.4 is 10.2 Å². The zero-order valence-electron chi connectivity index (χ0n) is 13.2. The van der Waals surface area contributed by atoms with Gasteiger partial charge in [-0.2, -0.15) is 5.10 Å². The molecule has 0 aliphatic rings. The number of phenolic OH excluding ortho intramolecular Hbond substituents is 1. The Hall–Kier alpha value is -2.82. The SMILES string of the molecule is CCC(=NNC(=O)Cc1ccc(OC)cc1)c1ccc(O)cc1. The van der Waals surface area contributed by atoms with Crippen molar-refractivity contribution < 1.29 is 14.6 Å². The van der Waals surface area contributed by atoms with Crippen molar-refractivity contribution in [3.63, 3.8) is 0 Å². The number of rotatable bonds is 6. The second kappa shape index (κ2) is 7.98. The zero-order valence-corrected chi connectivity index (χ0v) is 13.2. The Morgan fingerprint density at radius 2 is 1.78 bits per heavy atom. The molecule has 0 saturated carbocycles. The Bertz CT molecular complexity index is 676. The van der Waals surface area contributed by atoms with Gasteiger partial charge in [0.1, 0.15) is 11.5 Å². The summed E-state index contributed by atoms with van der Waals surface area (Å²) >= 11 is 0. The van der Waals surface area contributed by atoms with E-state index in [0.717, 1.165) is 22.6 Å². The Balaban J connectivity index is 1.98. The molecule has 0 heterocycles. The molecule has 0 aromatic heterocycles. The van der Waals surface area contributed by atoms with Crippen molar-refractivity contribution in [1.29, 1.82) is 0 Å². The quantitative estimate of drug-likeness (QED) is 0.636. The van der Waals surface area contributed by atoms with Crippen molar-refractivity contribution in [3.8, 4) is 11.5 Å². The maximum absolute atomic E-state index is 12.0. The van der Waals surface area contributed by atoms with Gasteiger partial charge in [0.2, 0.25) is 5.91 Å². The van der Waals surface area contributed by atoms with E-state index >= 15 is 0 Å². The Labute approximate surface area is 135 Å². The van der Waals surface area contributed by atoms with Gasteiger partial charge in [0, 0.05) is 0 Å². The molecule has 0 aliphatic carbocycles. The molecule has 1 amide bonds. The number of aromatic hydroxyl groups is 1. The summed E-state index contributed by atoms with van der Waals surface area (Å²) in [7, 11) is 1.60. The lowest BCUT2D eigenvalue weighted by atomic mass is 10.1. The first-order chi connectivity index (χ1) is 11.1. The molecule has 0 fully saturated rings. The van der Waals surface area contributed by atoms with Crippen molar-refractivity contribution >= 4 is 11.6 Å². The van der Waals surface area contributed by atoms with E-state index in [-0.39, 0.29) is 18.1 Å². The predicted molar refractivity (Wildman–Crippen MR) is 89.8 cm³/mol. The van der Waals surface area contributed by atoms with Crippen LogP contribution in [0.25, 0.3) is 0 Å². The van der Waals surface area contributed by atoms with Crippen LogP contribution in [-0.4, -0.2) is 23.8 Å². The number of nitrogens with one attached hydrogen (secondary N) is 1. The minimum atomic E-state index is -0.181. The summed E-state index contributed by atoms with van der Waals surface area (Å²) in [5.41, 5.74) is 5.10. The molecule has 2 aromatic rings. The Morgan fingerprint density at radius 1 is 1.13 bits per heavy atom. The number of methoxy groups -OCH3 is 1. The topological polar surface area (TPSA) is 70.9 Å².